The molecule has 2 saturated heterocycles. The number of hydrogen-bond donors (Lipinski definition) is 0. The lowest BCUT2D eigenvalue weighted by molar-refractivity contribution is -0.947. The largest absolute Gasteiger partial charge is 1.00 e. The van der Waals surface area contributed by atoms with Crippen LogP contribution in [0.5, 0.6) is 0 Å². The molecule has 0 atom stereocenters. The van der Waals surface area contributed by atoms with Crippen LogP contribution in [-0.2, 0) is 22.6 Å². The van der Waals surface area contributed by atoms with Gasteiger partial charge in [0.15, 0.2) is 0 Å². The normalized spacial score (nSPS) is 16.6. The van der Waals surface area contributed by atoms with E-state index in [-0.39, 0.29) is 24.8 Å². The van der Waals surface area contributed by atoms with Crippen LogP contribution in [0, 0.1) is 0 Å². The summed E-state index contributed by atoms with van der Waals surface area (Å²) in [6, 6.07) is 19.1. The zero-order valence-corrected chi connectivity index (χ0v) is 35.2. The van der Waals surface area contributed by atoms with Gasteiger partial charge in [0.1, 0.15) is 39.3 Å². The maximum absolute atomic E-state index is 5.83. The first-order valence-corrected chi connectivity index (χ1v) is 21.7. The lowest BCUT2D eigenvalue weighted by Crippen LogP contribution is -3.00. The maximum atomic E-state index is 5.83. The van der Waals surface area contributed by atoms with Crippen LogP contribution < -0.4 is 24.8 Å². The zero-order valence-electron chi connectivity index (χ0n) is 33.7. The van der Waals surface area contributed by atoms with E-state index in [4.69, 9.17) is 9.47 Å². The second-order valence-electron chi connectivity index (χ2n) is 16.3. The van der Waals surface area contributed by atoms with Crippen LogP contribution in [0.1, 0.15) is 153 Å². The van der Waals surface area contributed by atoms with Crippen LogP contribution in [0.2, 0.25) is 0 Å². The first-order chi connectivity index (χ1) is 24.7. The van der Waals surface area contributed by atoms with Crippen molar-refractivity contribution in [3.05, 3.63) is 59.7 Å². The topological polar surface area (TPSA) is 18.5 Å². The minimum atomic E-state index is 0. The van der Waals surface area contributed by atoms with Crippen molar-refractivity contribution in [2.45, 2.75) is 155 Å². The van der Waals surface area contributed by atoms with Gasteiger partial charge in [0, 0.05) is 11.1 Å². The number of ether oxygens (including phenoxy) is 2. The Kier molecular flexibility index (Phi) is 25.6. The summed E-state index contributed by atoms with van der Waals surface area (Å²) in [5.41, 5.74) is 5.63. The number of morpholine rings is 2. The Morgan fingerprint density at radius 2 is 0.654 bits per heavy atom. The highest BCUT2D eigenvalue weighted by atomic mass is 35.5. The molecule has 4 nitrogen and oxygen atoms in total. The third-order valence-electron chi connectivity index (χ3n) is 12.1. The lowest BCUT2D eigenvalue weighted by atomic mass is 10.0. The number of nitrogens with zero attached hydrogens (tertiary/aromatic N) is 2. The van der Waals surface area contributed by atoms with Crippen LogP contribution in [0.25, 0.3) is 11.1 Å². The average Bonchev–Trinajstić information content (AvgIpc) is 3.15. The minimum absolute atomic E-state index is 0. The van der Waals surface area contributed by atoms with Gasteiger partial charge < -0.3 is 43.3 Å². The van der Waals surface area contributed by atoms with Gasteiger partial charge in [-0.15, -0.1) is 0 Å². The quantitative estimate of drug-likeness (QED) is 0.0836. The van der Waals surface area contributed by atoms with Gasteiger partial charge in [-0.05, 0) is 36.8 Å². The van der Waals surface area contributed by atoms with Gasteiger partial charge in [0.2, 0.25) is 0 Å². The number of unbranched alkanes of at least 4 members (excludes halogenated alkanes) is 18. The molecule has 2 heterocycles. The van der Waals surface area contributed by atoms with E-state index >= 15 is 0 Å². The van der Waals surface area contributed by atoms with Gasteiger partial charge in [-0.3, -0.25) is 0 Å². The van der Waals surface area contributed by atoms with Crippen molar-refractivity contribution in [1.82, 2.24) is 0 Å². The molecule has 298 valence electrons. The highest BCUT2D eigenvalue weighted by Crippen LogP contribution is 2.26. The van der Waals surface area contributed by atoms with Crippen molar-refractivity contribution in [3.8, 4) is 11.1 Å². The molecule has 0 radical (unpaired) electrons. The highest BCUT2D eigenvalue weighted by Gasteiger charge is 2.31. The molecule has 0 unspecified atom stereocenters. The van der Waals surface area contributed by atoms with Gasteiger partial charge >= 0.3 is 0 Å². The summed E-state index contributed by atoms with van der Waals surface area (Å²) in [4.78, 5) is 0. The highest BCUT2D eigenvalue weighted by molar-refractivity contribution is 5.63. The second-order valence-corrected chi connectivity index (χ2v) is 16.3. The van der Waals surface area contributed by atoms with Crippen molar-refractivity contribution in [2.75, 3.05) is 65.7 Å². The van der Waals surface area contributed by atoms with E-state index in [1.807, 2.05) is 0 Å². The monoisotopic (exact) mass is 761 g/mol. The maximum Gasteiger partial charge on any atom is 0.104 e. The fraction of sp³-hybridized carbons (Fsp3) is 0.739. The van der Waals surface area contributed by atoms with Gasteiger partial charge in [0.05, 0.1) is 39.5 Å². The SMILES string of the molecule is CCCCCCCCCCCC[N+]1(Cc2ccc(-c3ccc(C[N+]4(CCCCCCCCCCCC)CCOCC4)cc3)cc2)CCOCC1.[Cl-].[Cl-]. The van der Waals surface area contributed by atoms with Gasteiger partial charge in [-0.2, -0.15) is 0 Å². The van der Waals surface area contributed by atoms with Crippen molar-refractivity contribution in [3.63, 3.8) is 0 Å². The molecule has 0 aromatic heterocycles. The summed E-state index contributed by atoms with van der Waals surface area (Å²) in [6.07, 6.45) is 28.1. The van der Waals surface area contributed by atoms with E-state index < -0.39 is 0 Å². The Hall–Kier alpha value is -1.14. The Balaban J connectivity index is 0.00000468. The van der Waals surface area contributed by atoms with Gasteiger partial charge in [-0.1, -0.05) is 165 Å². The molecule has 0 spiro atoms. The predicted octanol–water partition coefficient (Wildman–Crippen LogP) is 5.90. The van der Waals surface area contributed by atoms with Crippen molar-refractivity contribution >= 4 is 0 Å². The molecule has 0 aliphatic carbocycles. The summed E-state index contributed by atoms with van der Waals surface area (Å²) in [5, 5.41) is 0. The molecule has 0 N–H and O–H groups in total. The summed E-state index contributed by atoms with van der Waals surface area (Å²) < 4.78 is 14.1. The fourth-order valence-corrected chi connectivity index (χ4v) is 8.63. The van der Waals surface area contributed by atoms with E-state index in [1.165, 1.54) is 173 Å². The molecule has 0 bridgehead atoms. The molecule has 2 aromatic carbocycles. The molecule has 0 amide bonds. The van der Waals surface area contributed by atoms with Crippen LogP contribution in [0.15, 0.2) is 48.5 Å². The summed E-state index contributed by atoms with van der Waals surface area (Å²) in [7, 11) is 0. The smallest absolute Gasteiger partial charge is 0.104 e. The number of halogens is 2. The molecule has 2 aliphatic rings. The van der Waals surface area contributed by atoms with E-state index in [1.54, 1.807) is 0 Å². The molecular formula is C46H78Cl2N2O2. The average molecular weight is 762 g/mol. The van der Waals surface area contributed by atoms with E-state index in [2.05, 4.69) is 62.4 Å². The Labute approximate surface area is 333 Å². The van der Waals surface area contributed by atoms with Crippen molar-refractivity contribution in [1.29, 1.82) is 0 Å². The van der Waals surface area contributed by atoms with Crippen LogP contribution in [0.4, 0.5) is 0 Å². The fourth-order valence-electron chi connectivity index (χ4n) is 8.63. The van der Waals surface area contributed by atoms with Crippen LogP contribution in [0.3, 0.4) is 0 Å². The lowest BCUT2D eigenvalue weighted by Gasteiger charge is -2.41. The molecule has 0 saturated carbocycles. The third-order valence-corrected chi connectivity index (χ3v) is 12.1. The molecule has 52 heavy (non-hydrogen) atoms. The number of quaternary nitrogens is 2. The Morgan fingerprint density at radius 3 is 0.942 bits per heavy atom. The number of hydrogen-bond acceptors (Lipinski definition) is 2. The first kappa shape index (κ1) is 47.0. The molecule has 2 fully saturated rings. The van der Waals surface area contributed by atoms with Crippen molar-refractivity contribution in [2.24, 2.45) is 0 Å². The number of rotatable bonds is 27. The van der Waals surface area contributed by atoms with Crippen LogP contribution >= 0.6 is 0 Å². The first-order valence-electron chi connectivity index (χ1n) is 21.7. The predicted molar refractivity (Wildman–Crippen MR) is 214 cm³/mol. The minimum Gasteiger partial charge on any atom is -1.00 e. The molecule has 2 aliphatic heterocycles. The zero-order chi connectivity index (χ0) is 35.0. The second kappa shape index (κ2) is 28.3. The Morgan fingerprint density at radius 1 is 0.385 bits per heavy atom. The molecular weight excluding hydrogens is 683 g/mol. The summed E-state index contributed by atoms with van der Waals surface area (Å²) in [5.74, 6) is 0. The van der Waals surface area contributed by atoms with E-state index in [9.17, 15) is 0 Å². The third kappa shape index (κ3) is 18.0. The Bertz CT molecular complexity index is 1020. The van der Waals surface area contributed by atoms with E-state index in [0.717, 1.165) is 65.7 Å². The van der Waals surface area contributed by atoms with Crippen LogP contribution in [-0.4, -0.2) is 74.7 Å². The van der Waals surface area contributed by atoms with Gasteiger partial charge in [-0.25, -0.2) is 0 Å². The van der Waals surface area contributed by atoms with E-state index in [0.29, 0.717) is 0 Å². The number of benzene rings is 2. The molecule has 6 heteroatoms. The van der Waals surface area contributed by atoms with Gasteiger partial charge in [0.25, 0.3) is 0 Å². The standard InChI is InChI=1S/C46H78N2O2.2ClH/c1-3-5-7-9-11-13-15-17-19-21-31-47(33-37-49-38-34-47)41-43-23-27-45(28-24-43)46-29-25-44(26-30-46)42-48(35-39-50-40-36-48)32-22-20-18-16-14-12-10-8-6-4-2;;/h23-30H,3-22,31-42H2,1-2H3;2*1H/q+2;;/p-2. The molecule has 2 aromatic rings. The molecule has 4 rings (SSSR count). The summed E-state index contributed by atoms with van der Waals surface area (Å²) >= 11 is 0. The summed E-state index contributed by atoms with van der Waals surface area (Å²) in [6.45, 7) is 17.8. The van der Waals surface area contributed by atoms with Crippen molar-refractivity contribution < 1.29 is 43.3 Å².